The molecular weight excluding hydrogens is 594 g/mol. The van der Waals surface area contributed by atoms with E-state index in [1.165, 1.54) is 28.0 Å². The maximum absolute atomic E-state index is 13.6. The third kappa shape index (κ3) is 6.30. The number of carbonyl (C=O) groups is 2. The Labute approximate surface area is 257 Å². The number of anilines is 1. The first-order valence-electron chi connectivity index (χ1n) is 13.4. The average molecular weight is 622 g/mol. The number of ether oxygens (including phenoxy) is 2. The van der Waals surface area contributed by atoms with Crippen LogP contribution in [0.2, 0.25) is 5.02 Å². The van der Waals surface area contributed by atoms with Gasteiger partial charge in [-0.3, -0.25) is 14.5 Å². The quantitative estimate of drug-likeness (QED) is 0.0612. The van der Waals surface area contributed by atoms with Crippen molar-refractivity contribution in [2.24, 2.45) is 0 Å². The monoisotopic (exact) mass is 621 g/mol. The van der Waals surface area contributed by atoms with Gasteiger partial charge in [0.05, 0.1) is 24.8 Å². The minimum absolute atomic E-state index is 0.0688. The molecule has 1 aliphatic heterocycles. The van der Waals surface area contributed by atoms with Gasteiger partial charge in [0.2, 0.25) is 5.13 Å². The van der Waals surface area contributed by atoms with Crippen LogP contribution in [0.1, 0.15) is 43.0 Å². The van der Waals surface area contributed by atoms with E-state index in [2.05, 4.69) is 10.2 Å². The zero-order valence-corrected chi connectivity index (χ0v) is 25.3. The number of hydrogen-bond acceptors (Lipinski definition) is 9. The molecule has 4 aromatic rings. The Kier molecular flexibility index (Phi) is 9.46. The fraction of sp³-hybridized carbons (Fsp3) is 0.226. The average Bonchev–Trinajstić information content (AvgIpc) is 3.58. The third-order valence-corrected chi connectivity index (χ3v) is 8.79. The summed E-state index contributed by atoms with van der Waals surface area (Å²) >= 11 is 8.75. The second kappa shape index (κ2) is 13.4. The lowest BCUT2D eigenvalue weighted by Crippen LogP contribution is -2.29. The number of nitrogens with zero attached hydrogens (tertiary/aromatic N) is 3. The summed E-state index contributed by atoms with van der Waals surface area (Å²) in [7, 11) is 0. The van der Waals surface area contributed by atoms with Crippen LogP contribution in [-0.4, -0.2) is 40.2 Å². The zero-order valence-electron chi connectivity index (χ0n) is 23.0. The number of halogens is 1. The molecule has 3 aromatic carbocycles. The topological polar surface area (TPSA) is 102 Å². The van der Waals surface area contributed by atoms with Crippen LogP contribution in [0.3, 0.4) is 0 Å². The van der Waals surface area contributed by atoms with Gasteiger partial charge < -0.3 is 14.6 Å². The maximum atomic E-state index is 13.6. The fourth-order valence-electron chi connectivity index (χ4n) is 4.48. The third-order valence-electron chi connectivity index (χ3n) is 6.41. The number of aromatic nitrogens is 2. The SMILES string of the molecule is CCCOc1ccc(C2/C(=C(\O)c3ccc(Cl)cc3)C(=O)C(=O)N2c2nnc(SCc3ccccc3)s2)cc1OCC. The zero-order chi connectivity index (χ0) is 29.6. The summed E-state index contributed by atoms with van der Waals surface area (Å²) in [6.07, 6.45) is 0.816. The van der Waals surface area contributed by atoms with Crippen molar-refractivity contribution in [2.45, 2.75) is 36.4 Å². The highest BCUT2D eigenvalue weighted by Gasteiger charge is 2.48. The normalized spacial score (nSPS) is 16.2. The molecule has 0 saturated carbocycles. The van der Waals surface area contributed by atoms with Gasteiger partial charge in [-0.15, -0.1) is 10.2 Å². The van der Waals surface area contributed by atoms with Crippen LogP contribution in [-0.2, 0) is 15.3 Å². The van der Waals surface area contributed by atoms with Crippen LogP contribution in [0.4, 0.5) is 5.13 Å². The Morgan fingerprint density at radius 1 is 1.00 bits per heavy atom. The molecule has 11 heteroatoms. The minimum Gasteiger partial charge on any atom is -0.507 e. The Bertz CT molecular complexity index is 1610. The molecule has 1 unspecified atom stereocenters. The highest BCUT2D eigenvalue weighted by atomic mass is 35.5. The maximum Gasteiger partial charge on any atom is 0.301 e. The molecule has 1 amide bonds. The molecule has 216 valence electrons. The first-order chi connectivity index (χ1) is 20.4. The molecule has 1 aromatic heterocycles. The number of Topliss-reactive ketones (excluding diaryl/α,β-unsaturated/α-hetero) is 1. The highest BCUT2D eigenvalue weighted by molar-refractivity contribution is 8.00. The van der Waals surface area contributed by atoms with E-state index >= 15 is 0 Å². The highest BCUT2D eigenvalue weighted by Crippen LogP contribution is 2.45. The summed E-state index contributed by atoms with van der Waals surface area (Å²) in [5.41, 5.74) is 1.95. The van der Waals surface area contributed by atoms with E-state index in [-0.39, 0.29) is 16.5 Å². The van der Waals surface area contributed by atoms with Crippen LogP contribution in [0.25, 0.3) is 5.76 Å². The molecule has 0 aliphatic carbocycles. The number of rotatable bonds is 11. The fourth-order valence-corrected chi connectivity index (χ4v) is 6.43. The van der Waals surface area contributed by atoms with Crippen molar-refractivity contribution < 1.29 is 24.2 Å². The van der Waals surface area contributed by atoms with Gasteiger partial charge in [-0.05, 0) is 60.9 Å². The van der Waals surface area contributed by atoms with Crippen LogP contribution in [0.15, 0.2) is 82.7 Å². The molecule has 1 N–H and O–H groups in total. The van der Waals surface area contributed by atoms with E-state index in [1.54, 1.807) is 42.5 Å². The number of ketones is 1. The molecule has 1 aliphatic rings. The van der Waals surface area contributed by atoms with E-state index < -0.39 is 17.7 Å². The van der Waals surface area contributed by atoms with E-state index in [0.717, 1.165) is 12.0 Å². The largest absolute Gasteiger partial charge is 0.507 e. The van der Waals surface area contributed by atoms with Crippen LogP contribution in [0, 0.1) is 0 Å². The summed E-state index contributed by atoms with van der Waals surface area (Å²) in [5, 5.41) is 20.7. The second-order valence-electron chi connectivity index (χ2n) is 9.29. The predicted octanol–water partition coefficient (Wildman–Crippen LogP) is 7.30. The van der Waals surface area contributed by atoms with Crippen molar-refractivity contribution in [2.75, 3.05) is 18.1 Å². The van der Waals surface area contributed by atoms with Gasteiger partial charge in [-0.1, -0.05) is 78.0 Å². The number of benzene rings is 3. The molecule has 5 rings (SSSR count). The lowest BCUT2D eigenvalue weighted by molar-refractivity contribution is -0.132. The number of carbonyl (C=O) groups excluding carboxylic acids is 2. The number of thioether (sulfide) groups is 1. The molecule has 0 spiro atoms. The summed E-state index contributed by atoms with van der Waals surface area (Å²) < 4.78 is 12.4. The van der Waals surface area contributed by atoms with Crippen molar-refractivity contribution >= 4 is 57.3 Å². The van der Waals surface area contributed by atoms with Gasteiger partial charge in [0, 0.05) is 16.3 Å². The number of aliphatic hydroxyl groups is 1. The standard InChI is InChI=1S/C31H28ClN3O5S2/c1-3-16-40-23-15-12-21(17-24(23)39-4-2)26-25(27(36)20-10-13-22(32)14-11-20)28(37)29(38)35(26)30-33-34-31(42-30)41-18-19-8-6-5-7-9-19/h5-15,17,26,36H,3-4,16,18H2,1-2H3/b27-25+. The molecule has 1 saturated heterocycles. The Morgan fingerprint density at radius 3 is 2.48 bits per heavy atom. The molecule has 1 atom stereocenters. The number of amides is 1. The number of hydrogen-bond donors (Lipinski definition) is 1. The smallest absolute Gasteiger partial charge is 0.301 e. The van der Waals surface area contributed by atoms with Gasteiger partial charge in [0.25, 0.3) is 5.78 Å². The summed E-state index contributed by atoms with van der Waals surface area (Å²) in [6, 6.07) is 20.6. The lowest BCUT2D eigenvalue weighted by Gasteiger charge is -2.23. The Hall–Kier alpha value is -3.86. The summed E-state index contributed by atoms with van der Waals surface area (Å²) in [6.45, 7) is 4.75. The van der Waals surface area contributed by atoms with Gasteiger partial charge >= 0.3 is 5.91 Å². The second-order valence-corrected chi connectivity index (χ2v) is 11.9. The van der Waals surface area contributed by atoms with Gasteiger partial charge in [0.15, 0.2) is 15.8 Å². The summed E-state index contributed by atoms with van der Waals surface area (Å²) in [5.74, 6) is -0.263. The number of aliphatic hydroxyl groups excluding tert-OH is 1. The predicted molar refractivity (Wildman–Crippen MR) is 166 cm³/mol. The van der Waals surface area contributed by atoms with Crippen molar-refractivity contribution in [1.29, 1.82) is 0 Å². The van der Waals surface area contributed by atoms with Crippen molar-refractivity contribution in [3.05, 3.63) is 100 Å². The Balaban J connectivity index is 1.58. The van der Waals surface area contributed by atoms with Crippen LogP contribution in [0.5, 0.6) is 11.5 Å². The molecular formula is C31H28ClN3O5S2. The van der Waals surface area contributed by atoms with E-state index in [0.29, 0.717) is 51.0 Å². The molecule has 8 nitrogen and oxygen atoms in total. The van der Waals surface area contributed by atoms with Crippen molar-refractivity contribution in [3.63, 3.8) is 0 Å². The van der Waals surface area contributed by atoms with E-state index in [4.69, 9.17) is 21.1 Å². The van der Waals surface area contributed by atoms with Crippen molar-refractivity contribution in [3.8, 4) is 11.5 Å². The van der Waals surface area contributed by atoms with Crippen LogP contribution < -0.4 is 14.4 Å². The van der Waals surface area contributed by atoms with E-state index in [9.17, 15) is 14.7 Å². The summed E-state index contributed by atoms with van der Waals surface area (Å²) in [4.78, 5) is 28.4. The molecule has 0 radical (unpaired) electrons. The Morgan fingerprint density at radius 2 is 1.76 bits per heavy atom. The minimum atomic E-state index is -0.986. The lowest BCUT2D eigenvalue weighted by atomic mass is 9.95. The van der Waals surface area contributed by atoms with Gasteiger partial charge in [0.1, 0.15) is 5.76 Å². The molecule has 0 bridgehead atoms. The van der Waals surface area contributed by atoms with Gasteiger partial charge in [-0.25, -0.2) is 0 Å². The molecule has 42 heavy (non-hydrogen) atoms. The first-order valence-corrected chi connectivity index (χ1v) is 15.6. The molecule has 1 fully saturated rings. The molecule has 2 heterocycles. The van der Waals surface area contributed by atoms with Crippen molar-refractivity contribution in [1.82, 2.24) is 10.2 Å². The van der Waals surface area contributed by atoms with E-state index in [1.807, 2.05) is 44.2 Å². The van der Waals surface area contributed by atoms with Gasteiger partial charge in [-0.2, -0.15) is 0 Å². The first kappa shape index (κ1) is 29.6. The van der Waals surface area contributed by atoms with Crippen LogP contribution >= 0.6 is 34.7 Å².